The van der Waals surface area contributed by atoms with Gasteiger partial charge in [-0.1, -0.05) is 35.3 Å². The Morgan fingerprint density at radius 1 is 1.23 bits per heavy atom. The molecule has 0 aliphatic heterocycles. The Hall–Kier alpha value is -0.460. The van der Waals surface area contributed by atoms with Gasteiger partial charge in [0.15, 0.2) is 0 Å². The summed E-state index contributed by atoms with van der Waals surface area (Å²) in [5.41, 5.74) is 1.23. The third kappa shape index (κ3) is 3.41. The molecule has 0 aromatic heterocycles. The highest BCUT2D eigenvalue weighted by molar-refractivity contribution is 6.42. The molecule has 0 amide bonds. The zero-order valence-corrected chi connectivity index (χ0v) is 8.91. The van der Waals surface area contributed by atoms with Gasteiger partial charge in [0.1, 0.15) is 0 Å². The molecule has 0 spiro atoms. The molecular formula is C11H12Cl2. The molecule has 1 aromatic carbocycles. The first-order valence-electron chi connectivity index (χ1n) is 4.29. The van der Waals surface area contributed by atoms with Gasteiger partial charge in [-0.15, -0.1) is 6.58 Å². The monoisotopic (exact) mass is 214 g/mol. The highest BCUT2D eigenvalue weighted by Gasteiger charge is 1.98. The minimum Gasteiger partial charge on any atom is -0.103 e. The van der Waals surface area contributed by atoms with Crippen LogP contribution in [-0.4, -0.2) is 0 Å². The van der Waals surface area contributed by atoms with Crippen molar-refractivity contribution in [1.82, 2.24) is 0 Å². The van der Waals surface area contributed by atoms with E-state index in [9.17, 15) is 0 Å². The number of aryl methyl sites for hydroxylation is 1. The predicted octanol–water partition coefficient (Wildman–Crippen LogP) is 4.50. The Balaban J connectivity index is 2.57. The first-order chi connectivity index (χ1) is 6.24. The maximum atomic E-state index is 5.87. The molecule has 70 valence electrons. The molecule has 0 saturated heterocycles. The molecule has 0 atom stereocenters. The van der Waals surface area contributed by atoms with Gasteiger partial charge in [-0.25, -0.2) is 0 Å². The van der Waals surface area contributed by atoms with E-state index in [1.54, 1.807) is 0 Å². The lowest BCUT2D eigenvalue weighted by molar-refractivity contribution is 0.844. The molecule has 0 aliphatic rings. The summed E-state index contributed by atoms with van der Waals surface area (Å²) in [6.07, 6.45) is 5.11. The van der Waals surface area contributed by atoms with Crippen molar-refractivity contribution in [2.45, 2.75) is 19.3 Å². The fourth-order valence-corrected chi connectivity index (χ4v) is 1.47. The van der Waals surface area contributed by atoms with Gasteiger partial charge < -0.3 is 0 Å². The Labute approximate surface area is 89.2 Å². The summed E-state index contributed by atoms with van der Waals surface area (Å²) in [4.78, 5) is 0. The maximum absolute atomic E-state index is 5.87. The van der Waals surface area contributed by atoms with Gasteiger partial charge in [-0.05, 0) is 37.0 Å². The molecule has 0 unspecified atom stereocenters. The Kier molecular flexibility index (Phi) is 4.34. The van der Waals surface area contributed by atoms with Gasteiger partial charge in [0.2, 0.25) is 0 Å². The standard InChI is InChI=1S/C11H12Cl2/c1-2-3-4-5-9-6-7-10(12)11(13)8-9/h2,6-8H,1,3-5H2. The summed E-state index contributed by atoms with van der Waals surface area (Å²) >= 11 is 11.7. The molecule has 2 heteroatoms. The highest BCUT2D eigenvalue weighted by Crippen LogP contribution is 2.23. The summed E-state index contributed by atoms with van der Waals surface area (Å²) in [5.74, 6) is 0. The normalized spacial score (nSPS) is 10.0. The van der Waals surface area contributed by atoms with E-state index in [1.807, 2.05) is 24.3 Å². The molecule has 0 aliphatic carbocycles. The third-order valence-corrected chi connectivity index (χ3v) is 2.60. The van der Waals surface area contributed by atoms with Crippen molar-refractivity contribution in [3.05, 3.63) is 46.5 Å². The van der Waals surface area contributed by atoms with E-state index in [1.165, 1.54) is 5.56 Å². The zero-order chi connectivity index (χ0) is 9.68. The minimum absolute atomic E-state index is 0.620. The Morgan fingerprint density at radius 3 is 2.62 bits per heavy atom. The lowest BCUT2D eigenvalue weighted by Crippen LogP contribution is -1.84. The topological polar surface area (TPSA) is 0 Å². The van der Waals surface area contributed by atoms with Crippen LogP contribution in [0.15, 0.2) is 30.9 Å². The average Bonchev–Trinajstić information content (AvgIpc) is 2.12. The van der Waals surface area contributed by atoms with Crippen LogP contribution in [0, 0.1) is 0 Å². The van der Waals surface area contributed by atoms with E-state index in [2.05, 4.69) is 6.58 Å². The van der Waals surface area contributed by atoms with Crippen molar-refractivity contribution in [2.24, 2.45) is 0 Å². The molecule has 0 radical (unpaired) electrons. The van der Waals surface area contributed by atoms with E-state index >= 15 is 0 Å². The van der Waals surface area contributed by atoms with Gasteiger partial charge in [0.25, 0.3) is 0 Å². The fourth-order valence-electron chi connectivity index (χ4n) is 1.15. The first kappa shape index (κ1) is 10.6. The van der Waals surface area contributed by atoms with Crippen LogP contribution in [0.3, 0.4) is 0 Å². The molecule has 0 bridgehead atoms. The summed E-state index contributed by atoms with van der Waals surface area (Å²) in [5, 5.41) is 1.26. The van der Waals surface area contributed by atoms with Crippen LogP contribution in [0.1, 0.15) is 18.4 Å². The second-order valence-electron chi connectivity index (χ2n) is 2.93. The van der Waals surface area contributed by atoms with E-state index in [0.29, 0.717) is 10.0 Å². The summed E-state index contributed by atoms with van der Waals surface area (Å²) < 4.78 is 0. The van der Waals surface area contributed by atoms with E-state index in [-0.39, 0.29) is 0 Å². The lowest BCUT2D eigenvalue weighted by Gasteiger charge is -2.01. The number of hydrogen-bond donors (Lipinski definition) is 0. The molecule has 13 heavy (non-hydrogen) atoms. The Bertz CT molecular complexity index is 292. The molecule has 0 saturated carbocycles. The maximum Gasteiger partial charge on any atom is 0.0595 e. The van der Waals surface area contributed by atoms with Crippen LogP contribution < -0.4 is 0 Å². The van der Waals surface area contributed by atoms with Crippen molar-refractivity contribution < 1.29 is 0 Å². The first-order valence-corrected chi connectivity index (χ1v) is 5.04. The second kappa shape index (κ2) is 5.31. The summed E-state index contributed by atoms with van der Waals surface area (Å²) in [6, 6.07) is 5.78. The molecule has 1 rings (SSSR count). The van der Waals surface area contributed by atoms with Gasteiger partial charge in [-0.2, -0.15) is 0 Å². The zero-order valence-electron chi connectivity index (χ0n) is 7.39. The molecule has 0 heterocycles. The van der Waals surface area contributed by atoms with E-state index < -0.39 is 0 Å². The van der Waals surface area contributed by atoms with Crippen molar-refractivity contribution in [3.8, 4) is 0 Å². The summed E-state index contributed by atoms with van der Waals surface area (Å²) in [7, 11) is 0. The van der Waals surface area contributed by atoms with Crippen molar-refractivity contribution in [2.75, 3.05) is 0 Å². The number of hydrogen-bond acceptors (Lipinski definition) is 0. The number of unbranched alkanes of at least 4 members (excludes halogenated alkanes) is 1. The van der Waals surface area contributed by atoms with Crippen LogP contribution >= 0.6 is 23.2 Å². The number of benzene rings is 1. The van der Waals surface area contributed by atoms with Gasteiger partial charge in [-0.3, -0.25) is 0 Å². The fraction of sp³-hybridized carbons (Fsp3) is 0.273. The number of allylic oxidation sites excluding steroid dienone is 1. The van der Waals surface area contributed by atoms with Gasteiger partial charge >= 0.3 is 0 Å². The van der Waals surface area contributed by atoms with Crippen LogP contribution in [0.5, 0.6) is 0 Å². The lowest BCUT2D eigenvalue weighted by atomic mass is 10.1. The highest BCUT2D eigenvalue weighted by atomic mass is 35.5. The van der Waals surface area contributed by atoms with Crippen LogP contribution in [0.4, 0.5) is 0 Å². The number of halogens is 2. The molecular weight excluding hydrogens is 203 g/mol. The molecule has 0 N–H and O–H groups in total. The second-order valence-corrected chi connectivity index (χ2v) is 3.74. The average molecular weight is 215 g/mol. The quantitative estimate of drug-likeness (QED) is 0.512. The number of rotatable bonds is 4. The van der Waals surface area contributed by atoms with Crippen LogP contribution in [0.25, 0.3) is 0 Å². The van der Waals surface area contributed by atoms with Crippen molar-refractivity contribution >= 4 is 23.2 Å². The predicted molar refractivity (Wildman–Crippen MR) is 59.6 cm³/mol. The largest absolute Gasteiger partial charge is 0.103 e. The van der Waals surface area contributed by atoms with Gasteiger partial charge in [0.05, 0.1) is 10.0 Å². The molecule has 0 nitrogen and oxygen atoms in total. The summed E-state index contributed by atoms with van der Waals surface area (Å²) in [6.45, 7) is 3.68. The van der Waals surface area contributed by atoms with Crippen LogP contribution in [0.2, 0.25) is 10.0 Å². The smallest absolute Gasteiger partial charge is 0.0595 e. The van der Waals surface area contributed by atoms with E-state index in [0.717, 1.165) is 19.3 Å². The van der Waals surface area contributed by atoms with Crippen LogP contribution in [-0.2, 0) is 6.42 Å². The van der Waals surface area contributed by atoms with Gasteiger partial charge in [0, 0.05) is 0 Å². The molecule has 1 aromatic rings. The van der Waals surface area contributed by atoms with E-state index in [4.69, 9.17) is 23.2 Å². The Morgan fingerprint density at radius 2 is 2.00 bits per heavy atom. The van der Waals surface area contributed by atoms with Crippen molar-refractivity contribution in [1.29, 1.82) is 0 Å². The SMILES string of the molecule is C=CCCCc1ccc(Cl)c(Cl)c1. The minimum atomic E-state index is 0.620. The third-order valence-electron chi connectivity index (χ3n) is 1.86. The molecule has 0 fully saturated rings. The van der Waals surface area contributed by atoms with Crippen molar-refractivity contribution in [3.63, 3.8) is 0 Å².